The summed E-state index contributed by atoms with van der Waals surface area (Å²) in [5.41, 5.74) is 1.72. The number of hydrogen-bond donors (Lipinski definition) is 2. The molecular formula is C21H19F2N5O3. The van der Waals surface area contributed by atoms with Gasteiger partial charge in [-0.25, -0.2) is 9.97 Å². The summed E-state index contributed by atoms with van der Waals surface area (Å²) in [6.45, 7) is 4.70. The molecule has 0 spiro atoms. The van der Waals surface area contributed by atoms with Crippen LogP contribution < -0.4 is 10.6 Å². The third-order valence-electron chi connectivity index (χ3n) is 4.84. The van der Waals surface area contributed by atoms with Crippen LogP contribution in [0.1, 0.15) is 37.7 Å². The van der Waals surface area contributed by atoms with Gasteiger partial charge in [-0.1, -0.05) is 0 Å². The first-order valence-electron chi connectivity index (χ1n) is 9.16. The minimum absolute atomic E-state index is 0.0311. The minimum Gasteiger partial charge on any atom is -0.344 e. The number of halogens is 2. The molecule has 160 valence electrons. The molecular weight excluding hydrogens is 408 g/mol. The number of aryl methyl sites for hydroxylation is 1. The molecule has 0 radical (unpaired) electrons. The Kier molecular flexibility index (Phi) is 5.91. The van der Waals surface area contributed by atoms with Gasteiger partial charge >= 0.3 is 0 Å². The number of hydrogen-bond acceptors (Lipinski definition) is 5. The fourth-order valence-corrected chi connectivity index (χ4v) is 3.20. The van der Waals surface area contributed by atoms with Crippen molar-refractivity contribution < 1.29 is 23.2 Å². The summed E-state index contributed by atoms with van der Waals surface area (Å²) in [4.78, 5) is 45.0. The molecule has 0 aliphatic carbocycles. The number of ketones is 1. The number of rotatable bonds is 5. The highest BCUT2D eigenvalue weighted by Gasteiger charge is 2.28. The van der Waals surface area contributed by atoms with E-state index in [-0.39, 0.29) is 22.5 Å². The van der Waals surface area contributed by atoms with Crippen molar-refractivity contribution in [2.24, 2.45) is 7.05 Å². The molecule has 0 aliphatic heterocycles. The molecule has 0 fully saturated rings. The SMILES string of the molecule is Cc1cc(NC(=O)c2c(C)c(C(=O)C(=O)Nc3ccc(F)nc3)n(C)c2C)cnc1F. The number of pyridine rings is 2. The van der Waals surface area contributed by atoms with Gasteiger partial charge in [-0.2, -0.15) is 8.78 Å². The van der Waals surface area contributed by atoms with Crippen LogP contribution in [0.4, 0.5) is 20.2 Å². The first-order chi connectivity index (χ1) is 14.6. The number of aromatic nitrogens is 3. The maximum atomic E-state index is 13.4. The molecule has 0 aromatic carbocycles. The van der Waals surface area contributed by atoms with E-state index in [2.05, 4.69) is 20.6 Å². The zero-order chi connectivity index (χ0) is 22.9. The van der Waals surface area contributed by atoms with Gasteiger partial charge in [0.2, 0.25) is 11.9 Å². The zero-order valence-electron chi connectivity index (χ0n) is 17.2. The first kappa shape index (κ1) is 21.8. The smallest absolute Gasteiger partial charge is 0.298 e. The fraction of sp³-hybridized carbons (Fsp3) is 0.190. The quantitative estimate of drug-likeness (QED) is 0.370. The van der Waals surface area contributed by atoms with Gasteiger partial charge in [0.1, 0.15) is 0 Å². The average Bonchev–Trinajstić information content (AvgIpc) is 2.94. The van der Waals surface area contributed by atoms with Crippen LogP contribution >= 0.6 is 0 Å². The number of carbonyl (C=O) groups is 3. The highest BCUT2D eigenvalue weighted by atomic mass is 19.1. The van der Waals surface area contributed by atoms with Crippen LogP contribution in [0.25, 0.3) is 0 Å². The predicted octanol–water partition coefficient (Wildman–Crippen LogP) is 3.09. The fourth-order valence-electron chi connectivity index (χ4n) is 3.20. The first-order valence-corrected chi connectivity index (χ1v) is 9.16. The van der Waals surface area contributed by atoms with Crippen molar-refractivity contribution in [2.45, 2.75) is 20.8 Å². The van der Waals surface area contributed by atoms with Crippen molar-refractivity contribution in [1.29, 1.82) is 0 Å². The van der Waals surface area contributed by atoms with Gasteiger partial charge < -0.3 is 15.2 Å². The lowest BCUT2D eigenvalue weighted by Crippen LogP contribution is -2.25. The van der Waals surface area contributed by atoms with Crippen molar-refractivity contribution in [2.75, 3.05) is 10.6 Å². The van der Waals surface area contributed by atoms with E-state index in [1.165, 1.54) is 29.8 Å². The molecule has 0 aliphatic rings. The number of amides is 2. The van der Waals surface area contributed by atoms with Crippen LogP contribution in [-0.2, 0) is 11.8 Å². The molecule has 31 heavy (non-hydrogen) atoms. The van der Waals surface area contributed by atoms with Gasteiger partial charge in [0.25, 0.3) is 17.6 Å². The number of Topliss-reactive ketones (excluding diaryl/α,β-unsaturated/α-hetero) is 1. The summed E-state index contributed by atoms with van der Waals surface area (Å²) < 4.78 is 27.7. The number of nitrogens with one attached hydrogen (secondary N) is 2. The molecule has 3 heterocycles. The van der Waals surface area contributed by atoms with Crippen LogP contribution in [0.3, 0.4) is 0 Å². The normalized spacial score (nSPS) is 10.6. The second-order valence-corrected chi connectivity index (χ2v) is 6.93. The van der Waals surface area contributed by atoms with E-state index in [9.17, 15) is 23.2 Å². The average molecular weight is 427 g/mol. The molecule has 10 heteroatoms. The highest BCUT2D eigenvalue weighted by molar-refractivity contribution is 6.46. The summed E-state index contributed by atoms with van der Waals surface area (Å²) in [6, 6.07) is 3.75. The lowest BCUT2D eigenvalue weighted by atomic mass is 10.1. The molecule has 0 bridgehead atoms. The van der Waals surface area contributed by atoms with E-state index in [1.807, 2.05) is 0 Å². The third kappa shape index (κ3) is 4.32. The Hall–Kier alpha value is -3.95. The lowest BCUT2D eigenvalue weighted by molar-refractivity contribution is -0.112. The molecule has 0 atom stereocenters. The van der Waals surface area contributed by atoms with Gasteiger partial charge in [-0.05, 0) is 44.5 Å². The Labute approximate surface area is 176 Å². The number of carbonyl (C=O) groups excluding carboxylic acids is 3. The summed E-state index contributed by atoms with van der Waals surface area (Å²) in [7, 11) is 1.56. The summed E-state index contributed by atoms with van der Waals surface area (Å²) in [5, 5.41) is 4.98. The van der Waals surface area contributed by atoms with Crippen molar-refractivity contribution >= 4 is 29.0 Å². The standard InChI is InChI=1S/C21H19F2N5O3/c1-10-7-14(9-25-19(10)23)27-20(30)16-11(2)17(28(4)12(16)3)18(29)21(31)26-13-5-6-15(22)24-8-13/h5-9H,1-4H3,(H,26,31)(H,27,30). The predicted molar refractivity (Wildman–Crippen MR) is 109 cm³/mol. The van der Waals surface area contributed by atoms with E-state index in [1.54, 1.807) is 20.9 Å². The number of anilines is 2. The molecule has 3 aromatic rings. The van der Waals surface area contributed by atoms with E-state index >= 15 is 0 Å². The molecule has 0 saturated heterocycles. The highest BCUT2D eigenvalue weighted by Crippen LogP contribution is 2.24. The van der Waals surface area contributed by atoms with E-state index in [4.69, 9.17) is 0 Å². The lowest BCUT2D eigenvalue weighted by Gasteiger charge is -2.07. The summed E-state index contributed by atoms with van der Waals surface area (Å²) in [5.74, 6) is -3.71. The monoisotopic (exact) mass is 427 g/mol. The van der Waals surface area contributed by atoms with Crippen molar-refractivity contribution in [1.82, 2.24) is 14.5 Å². The molecule has 0 unspecified atom stereocenters. The van der Waals surface area contributed by atoms with Gasteiger partial charge in [-0.3, -0.25) is 14.4 Å². The van der Waals surface area contributed by atoms with Crippen molar-refractivity contribution in [3.8, 4) is 0 Å². The van der Waals surface area contributed by atoms with Crippen LogP contribution in [0.5, 0.6) is 0 Å². The molecule has 8 nitrogen and oxygen atoms in total. The Morgan fingerprint density at radius 3 is 2.26 bits per heavy atom. The maximum absolute atomic E-state index is 13.4. The van der Waals surface area contributed by atoms with Gasteiger partial charge in [0, 0.05) is 18.3 Å². The van der Waals surface area contributed by atoms with E-state index in [0.717, 1.165) is 12.3 Å². The zero-order valence-corrected chi connectivity index (χ0v) is 17.2. The van der Waals surface area contributed by atoms with Gasteiger partial charge in [0.15, 0.2) is 0 Å². The Morgan fingerprint density at radius 2 is 1.65 bits per heavy atom. The van der Waals surface area contributed by atoms with Crippen LogP contribution in [0.15, 0.2) is 30.6 Å². The minimum atomic E-state index is -0.956. The molecule has 0 saturated carbocycles. The van der Waals surface area contributed by atoms with Crippen LogP contribution in [0, 0.1) is 32.7 Å². The second-order valence-electron chi connectivity index (χ2n) is 6.93. The molecule has 2 amide bonds. The molecule has 3 aromatic heterocycles. The maximum Gasteiger partial charge on any atom is 0.298 e. The largest absolute Gasteiger partial charge is 0.344 e. The summed E-state index contributed by atoms with van der Waals surface area (Å²) in [6.07, 6.45) is 2.27. The summed E-state index contributed by atoms with van der Waals surface area (Å²) >= 11 is 0. The van der Waals surface area contributed by atoms with Crippen molar-refractivity contribution in [3.63, 3.8) is 0 Å². The van der Waals surface area contributed by atoms with Crippen molar-refractivity contribution in [3.05, 3.63) is 70.6 Å². The van der Waals surface area contributed by atoms with Gasteiger partial charge in [0.05, 0.1) is 35.0 Å². The number of nitrogens with zero attached hydrogens (tertiary/aromatic N) is 3. The van der Waals surface area contributed by atoms with E-state index in [0.29, 0.717) is 16.9 Å². The van der Waals surface area contributed by atoms with Crippen LogP contribution in [0.2, 0.25) is 0 Å². The molecule has 3 rings (SSSR count). The Balaban J connectivity index is 1.87. The van der Waals surface area contributed by atoms with E-state index < -0.39 is 29.5 Å². The Morgan fingerprint density at radius 1 is 0.968 bits per heavy atom. The Bertz CT molecular complexity index is 1200. The second kappa shape index (κ2) is 8.42. The molecule has 2 N–H and O–H groups in total. The van der Waals surface area contributed by atoms with Crippen LogP contribution in [-0.4, -0.2) is 32.1 Å². The topological polar surface area (TPSA) is 106 Å². The third-order valence-corrected chi connectivity index (χ3v) is 4.84. The van der Waals surface area contributed by atoms with Gasteiger partial charge in [-0.15, -0.1) is 0 Å².